The average Bonchev–Trinajstić information content (AvgIpc) is 2.64. The summed E-state index contributed by atoms with van der Waals surface area (Å²) in [5.74, 6) is -0.910. The highest BCUT2D eigenvalue weighted by Gasteiger charge is 2.45. The second kappa shape index (κ2) is 5.79. The minimum Gasteiger partial charge on any atom is -0.337 e. The molecule has 2 atom stereocenters. The summed E-state index contributed by atoms with van der Waals surface area (Å²) in [7, 11) is -3.86. The van der Waals surface area contributed by atoms with Crippen LogP contribution in [0.25, 0.3) is 0 Å². The average molecular weight is 301 g/mol. The zero-order chi connectivity index (χ0) is 14.8. The fraction of sp³-hybridized carbons (Fsp3) is 0.538. The number of hydrogen-bond donors (Lipinski definition) is 1. The molecule has 1 fully saturated rings. The van der Waals surface area contributed by atoms with E-state index in [1.54, 1.807) is 20.8 Å². The van der Waals surface area contributed by atoms with Crippen molar-refractivity contribution in [1.29, 1.82) is 0 Å². The molecule has 1 aliphatic heterocycles. The van der Waals surface area contributed by atoms with Crippen LogP contribution in [0.15, 0.2) is 30.3 Å². The van der Waals surface area contributed by atoms with Gasteiger partial charge in [-0.25, -0.2) is 4.18 Å². The molecule has 112 valence electrons. The lowest BCUT2D eigenvalue weighted by Crippen LogP contribution is -2.32. The molecule has 0 radical (unpaired) electrons. The van der Waals surface area contributed by atoms with Gasteiger partial charge in [-0.2, -0.15) is 13.1 Å². The molecular weight excluding hydrogens is 282 g/mol. The van der Waals surface area contributed by atoms with Gasteiger partial charge in [0.05, 0.1) is 0 Å². The first kappa shape index (κ1) is 15.4. The van der Waals surface area contributed by atoms with Crippen molar-refractivity contribution in [3.63, 3.8) is 0 Å². The third kappa shape index (κ3) is 3.77. The van der Waals surface area contributed by atoms with E-state index in [0.29, 0.717) is 0 Å². The first-order valence-electron chi connectivity index (χ1n) is 6.41. The van der Waals surface area contributed by atoms with Crippen LogP contribution in [0.2, 0.25) is 0 Å². The van der Waals surface area contributed by atoms with Gasteiger partial charge in [0, 0.05) is 6.54 Å². The van der Waals surface area contributed by atoms with E-state index in [-0.39, 0.29) is 6.54 Å². The van der Waals surface area contributed by atoms with Crippen LogP contribution < -0.4 is 4.72 Å². The smallest absolute Gasteiger partial charge is 0.337 e. The third-order valence-electron chi connectivity index (χ3n) is 2.73. The Morgan fingerprint density at radius 2 is 1.90 bits per heavy atom. The topological polar surface area (TPSA) is 73.9 Å². The molecule has 0 amide bonds. The summed E-state index contributed by atoms with van der Waals surface area (Å²) in [6.07, 6.45) is -1.61. The van der Waals surface area contributed by atoms with Gasteiger partial charge in [0.1, 0.15) is 6.10 Å². The van der Waals surface area contributed by atoms with Gasteiger partial charge in [-0.1, -0.05) is 37.3 Å². The van der Waals surface area contributed by atoms with Gasteiger partial charge in [0.25, 0.3) is 0 Å². The Labute approximate surface area is 119 Å². The molecule has 1 saturated heterocycles. The van der Waals surface area contributed by atoms with Crippen LogP contribution in [0, 0.1) is 0 Å². The summed E-state index contributed by atoms with van der Waals surface area (Å²) in [5.41, 5.74) is 0.801. The quantitative estimate of drug-likeness (QED) is 0.896. The number of rotatable bonds is 5. The molecule has 2 rings (SSSR count). The number of benzene rings is 1. The first-order chi connectivity index (χ1) is 9.33. The molecule has 6 nitrogen and oxygen atoms in total. The van der Waals surface area contributed by atoms with E-state index in [1.807, 2.05) is 30.3 Å². The monoisotopic (exact) mass is 301 g/mol. The van der Waals surface area contributed by atoms with Crippen molar-refractivity contribution in [2.45, 2.75) is 39.0 Å². The Morgan fingerprint density at radius 1 is 1.25 bits per heavy atom. The van der Waals surface area contributed by atoms with E-state index in [1.165, 1.54) is 0 Å². The van der Waals surface area contributed by atoms with Crippen molar-refractivity contribution in [2.24, 2.45) is 0 Å². The maximum absolute atomic E-state index is 11.7. The summed E-state index contributed by atoms with van der Waals surface area (Å²) >= 11 is 0. The SMILES string of the molecule is CCNS(=O)(=O)O[C@@H]1OC(C)(C)O[C@H]1c1ccccc1. The minimum atomic E-state index is -3.86. The van der Waals surface area contributed by atoms with Crippen molar-refractivity contribution >= 4 is 10.3 Å². The van der Waals surface area contributed by atoms with E-state index < -0.39 is 28.5 Å². The first-order valence-corrected chi connectivity index (χ1v) is 7.82. The molecule has 0 aliphatic carbocycles. The van der Waals surface area contributed by atoms with Crippen LogP contribution in [0.3, 0.4) is 0 Å². The zero-order valence-electron chi connectivity index (χ0n) is 11.7. The summed E-state index contributed by atoms with van der Waals surface area (Å²) in [5, 5.41) is 0. The third-order valence-corrected chi connectivity index (χ3v) is 3.81. The van der Waals surface area contributed by atoms with E-state index in [2.05, 4.69) is 4.72 Å². The van der Waals surface area contributed by atoms with Crippen LogP contribution in [0.4, 0.5) is 0 Å². The van der Waals surface area contributed by atoms with Crippen molar-refractivity contribution in [2.75, 3.05) is 6.54 Å². The van der Waals surface area contributed by atoms with Crippen LogP contribution in [0.5, 0.6) is 0 Å². The van der Waals surface area contributed by atoms with E-state index in [0.717, 1.165) is 5.56 Å². The summed E-state index contributed by atoms with van der Waals surface area (Å²) < 4.78 is 42.0. The molecule has 0 bridgehead atoms. The summed E-state index contributed by atoms with van der Waals surface area (Å²) in [4.78, 5) is 0. The summed E-state index contributed by atoms with van der Waals surface area (Å²) in [6, 6.07) is 9.24. The molecule has 0 spiro atoms. The Kier molecular flexibility index (Phi) is 4.46. The van der Waals surface area contributed by atoms with Gasteiger partial charge in [-0.05, 0) is 19.4 Å². The normalized spacial score (nSPS) is 25.8. The molecule has 20 heavy (non-hydrogen) atoms. The van der Waals surface area contributed by atoms with Gasteiger partial charge >= 0.3 is 10.3 Å². The molecular formula is C13H19NO5S. The molecule has 1 aromatic carbocycles. The highest BCUT2D eigenvalue weighted by Crippen LogP contribution is 2.39. The number of hydrogen-bond acceptors (Lipinski definition) is 5. The maximum Gasteiger partial charge on any atom is 0.338 e. The maximum atomic E-state index is 11.7. The fourth-order valence-electron chi connectivity index (χ4n) is 2.00. The number of nitrogens with one attached hydrogen (secondary N) is 1. The second-order valence-corrected chi connectivity index (χ2v) is 6.27. The highest BCUT2D eigenvalue weighted by atomic mass is 32.2. The highest BCUT2D eigenvalue weighted by molar-refractivity contribution is 7.84. The molecule has 0 aromatic heterocycles. The molecule has 1 N–H and O–H groups in total. The zero-order valence-corrected chi connectivity index (χ0v) is 12.5. The van der Waals surface area contributed by atoms with E-state index >= 15 is 0 Å². The van der Waals surface area contributed by atoms with Gasteiger partial charge in [-0.15, -0.1) is 0 Å². The van der Waals surface area contributed by atoms with Crippen molar-refractivity contribution < 1.29 is 22.1 Å². The summed E-state index contributed by atoms with van der Waals surface area (Å²) in [6.45, 7) is 5.35. The van der Waals surface area contributed by atoms with Gasteiger partial charge < -0.3 is 9.47 Å². The standard InChI is InChI=1S/C13H19NO5S/c1-4-14-20(15,16)19-12-11(17-13(2,3)18-12)10-8-6-5-7-9-10/h5-9,11-12,14H,4H2,1-3H3/t11-,12-/m0/s1. The largest absolute Gasteiger partial charge is 0.338 e. The Bertz CT molecular complexity index is 543. The van der Waals surface area contributed by atoms with Crippen LogP contribution in [0.1, 0.15) is 32.4 Å². The lowest BCUT2D eigenvalue weighted by atomic mass is 10.1. The van der Waals surface area contributed by atoms with Gasteiger partial charge in [-0.3, -0.25) is 0 Å². The van der Waals surface area contributed by atoms with E-state index in [4.69, 9.17) is 13.7 Å². The Balaban J connectivity index is 2.21. The van der Waals surface area contributed by atoms with Gasteiger partial charge in [0.15, 0.2) is 5.79 Å². The van der Waals surface area contributed by atoms with Crippen LogP contribution >= 0.6 is 0 Å². The Hall–Kier alpha value is -0.990. The number of ether oxygens (including phenoxy) is 2. The second-order valence-electron chi connectivity index (χ2n) is 4.88. The molecule has 1 aromatic rings. The van der Waals surface area contributed by atoms with Crippen molar-refractivity contribution in [3.8, 4) is 0 Å². The predicted molar refractivity (Wildman–Crippen MR) is 72.9 cm³/mol. The fourth-order valence-corrected chi connectivity index (χ4v) is 2.82. The van der Waals surface area contributed by atoms with Crippen molar-refractivity contribution in [1.82, 2.24) is 4.72 Å². The molecule has 0 unspecified atom stereocenters. The predicted octanol–water partition coefficient (Wildman–Crippen LogP) is 1.71. The Morgan fingerprint density at radius 3 is 2.50 bits per heavy atom. The van der Waals surface area contributed by atoms with Gasteiger partial charge in [0.2, 0.25) is 6.29 Å². The van der Waals surface area contributed by atoms with E-state index in [9.17, 15) is 8.42 Å². The lowest BCUT2D eigenvalue weighted by Gasteiger charge is -2.17. The molecule has 0 saturated carbocycles. The molecule has 1 aliphatic rings. The molecule has 7 heteroatoms. The molecule has 1 heterocycles. The van der Waals surface area contributed by atoms with Crippen molar-refractivity contribution in [3.05, 3.63) is 35.9 Å². The minimum absolute atomic E-state index is 0.245. The van der Waals surface area contributed by atoms with Crippen LogP contribution in [-0.2, 0) is 24.0 Å². The lowest BCUT2D eigenvalue weighted by molar-refractivity contribution is -0.167. The van der Waals surface area contributed by atoms with Crippen LogP contribution in [-0.4, -0.2) is 27.0 Å².